The molecule has 192 valence electrons. The Hall–Kier alpha value is -1.01. The summed E-state index contributed by atoms with van der Waals surface area (Å²) >= 11 is 0. The first-order chi connectivity index (χ1) is 16.3. The summed E-state index contributed by atoms with van der Waals surface area (Å²) < 4.78 is 0. The van der Waals surface area contributed by atoms with Crippen molar-refractivity contribution in [2.45, 2.75) is 117 Å². The predicted octanol–water partition coefficient (Wildman–Crippen LogP) is 5.18. The number of aromatic amines is 1. The summed E-state index contributed by atoms with van der Waals surface area (Å²) in [6, 6.07) is 0. The number of H-pyrrole nitrogens is 1. The van der Waals surface area contributed by atoms with Gasteiger partial charge in [0, 0.05) is 6.42 Å². The van der Waals surface area contributed by atoms with Gasteiger partial charge in [0.15, 0.2) is 5.82 Å². The number of aliphatic hydroxyl groups excluding tert-OH is 2. The van der Waals surface area contributed by atoms with Crippen LogP contribution in [0.25, 0.3) is 0 Å². The third-order valence-electron chi connectivity index (χ3n) is 11.8. The van der Waals surface area contributed by atoms with Gasteiger partial charge in [0.05, 0.1) is 12.2 Å². The number of tetrazole rings is 1. The van der Waals surface area contributed by atoms with Crippen LogP contribution in [0.2, 0.25) is 0 Å². The lowest BCUT2D eigenvalue weighted by molar-refractivity contribution is -0.203. The number of rotatable bonds is 7. The van der Waals surface area contributed by atoms with E-state index in [1.165, 1.54) is 38.5 Å². The van der Waals surface area contributed by atoms with Crippen molar-refractivity contribution in [2.75, 3.05) is 0 Å². The second kappa shape index (κ2) is 9.46. The zero-order valence-electron chi connectivity index (χ0n) is 21.9. The number of hydrogen-bond acceptors (Lipinski definition) is 5. The van der Waals surface area contributed by atoms with Gasteiger partial charge in [-0.3, -0.25) is 0 Å². The maximum absolute atomic E-state index is 11.9. The Labute approximate surface area is 206 Å². The fourth-order valence-corrected chi connectivity index (χ4v) is 10.2. The molecule has 0 bridgehead atoms. The molecule has 4 fully saturated rings. The van der Waals surface area contributed by atoms with E-state index < -0.39 is 0 Å². The summed E-state index contributed by atoms with van der Waals surface area (Å²) in [5.74, 6) is 4.91. The van der Waals surface area contributed by atoms with Crippen LogP contribution in [0.1, 0.15) is 104 Å². The third kappa shape index (κ3) is 3.95. The van der Waals surface area contributed by atoms with E-state index in [-0.39, 0.29) is 12.2 Å². The lowest BCUT2D eigenvalue weighted by Gasteiger charge is -2.64. The summed E-state index contributed by atoms with van der Waals surface area (Å²) in [6.07, 6.45) is 13.5. The number of aliphatic hydroxyl groups is 2. The fourth-order valence-electron chi connectivity index (χ4n) is 10.2. The van der Waals surface area contributed by atoms with Gasteiger partial charge in [-0.15, -0.1) is 10.2 Å². The maximum atomic E-state index is 11.9. The molecule has 0 spiro atoms. The zero-order valence-corrected chi connectivity index (χ0v) is 21.9. The Kier molecular flexibility index (Phi) is 6.86. The summed E-state index contributed by atoms with van der Waals surface area (Å²) in [5.41, 5.74) is 0.662. The van der Waals surface area contributed by atoms with Crippen molar-refractivity contribution in [1.29, 1.82) is 0 Å². The van der Waals surface area contributed by atoms with Gasteiger partial charge >= 0.3 is 0 Å². The van der Waals surface area contributed by atoms with Crippen LogP contribution in [-0.2, 0) is 6.42 Å². The van der Waals surface area contributed by atoms with Gasteiger partial charge in [0.2, 0.25) is 0 Å². The fraction of sp³-hybridized carbons (Fsp3) is 0.964. The van der Waals surface area contributed by atoms with Crippen LogP contribution in [0.5, 0.6) is 0 Å². The molecule has 4 aliphatic rings. The minimum Gasteiger partial charge on any atom is -0.393 e. The van der Waals surface area contributed by atoms with E-state index in [2.05, 4.69) is 48.3 Å². The molecule has 1 aromatic heterocycles. The highest BCUT2D eigenvalue weighted by molar-refractivity contribution is 5.13. The number of fused-ring (bicyclic) bond motifs is 5. The number of hydrogen-bond donors (Lipinski definition) is 3. The van der Waals surface area contributed by atoms with E-state index in [1.54, 1.807) is 0 Å². The second-order valence-corrected chi connectivity index (χ2v) is 13.2. The minimum absolute atomic E-state index is 0.165. The van der Waals surface area contributed by atoms with Crippen molar-refractivity contribution in [2.24, 2.45) is 52.3 Å². The van der Waals surface area contributed by atoms with Crippen molar-refractivity contribution in [3.05, 3.63) is 5.82 Å². The SMILES string of the molecule is CC[C@H]1[C@@H](O)[C@@H]2[C@H](CC[C@]3(C)[C@@H]([C@H](C)CCCCc4nn[nH]n4)CC[C@@H]23)[C@@]2(C)CC[C@@H](O)C[C@@H]12. The lowest BCUT2D eigenvalue weighted by atomic mass is 9.41. The Balaban J connectivity index is 1.29. The molecule has 11 atom stereocenters. The van der Waals surface area contributed by atoms with Crippen LogP contribution in [0.3, 0.4) is 0 Å². The van der Waals surface area contributed by atoms with Crippen molar-refractivity contribution in [3.8, 4) is 0 Å². The topological polar surface area (TPSA) is 94.9 Å². The van der Waals surface area contributed by atoms with E-state index in [0.717, 1.165) is 56.2 Å². The van der Waals surface area contributed by atoms with Gasteiger partial charge in [-0.05, 0) is 104 Å². The molecule has 0 unspecified atom stereocenters. The number of aryl methyl sites for hydroxylation is 1. The standard InChI is InChI=1S/C28H48N4O2/c1-5-19-23-16-18(33)12-14-28(23,4)22-13-15-27(3)20(10-11-21(27)25(22)26(19)34)17(2)8-6-7-9-24-29-31-32-30-24/h17-23,25-26,33-34H,5-16H2,1-4H3,(H,29,30,31,32)/t17-,18-,19-,20-,21+,22+,23+,25+,26-,27-,28-/m1/s1. The van der Waals surface area contributed by atoms with Crippen molar-refractivity contribution in [3.63, 3.8) is 0 Å². The lowest BCUT2D eigenvalue weighted by Crippen LogP contribution is -2.62. The van der Waals surface area contributed by atoms with Crippen LogP contribution >= 0.6 is 0 Å². The third-order valence-corrected chi connectivity index (χ3v) is 11.8. The zero-order chi connectivity index (χ0) is 24.1. The van der Waals surface area contributed by atoms with Gasteiger partial charge in [0.1, 0.15) is 0 Å². The molecule has 3 N–H and O–H groups in total. The van der Waals surface area contributed by atoms with Gasteiger partial charge in [0.25, 0.3) is 0 Å². The van der Waals surface area contributed by atoms with Crippen molar-refractivity contribution < 1.29 is 10.2 Å². The van der Waals surface area contributed by atoms with Gasteiger partial charge in [-0.25, -0.2) is 0 Å². The molecule has 0 amide bonds. The van der Waals surface area contributed by atoms with Crippen LogP contribution in [0.4, 0.5) is 0 Å². The summed E-state index contributed by atoms with van der Waals surface area (Å²) in [7, 11) is 0. The quantitative estimate of drug-likeness (QED) is 0.476. The second-order valence-electron chi connectivity index (χ2n) is 13.2. The number of nitrogens with zero attached hydrogens (tertiary/aromatic N) is 3. The molecule has 4 aliphatic carbocycles. The van der Waals surface area contributed by atoms with E-state index in [0.29, 0.717) is 40.4 Å². The molecule has 5 rings (SSSR count). The molecule has 34 heavy (non-hydrogen) atoms. The molecule has 6 nitrogen and oxygen atoms in total. The summed E-state index contributed by atoms with van der Waals surface area (Å²) in [6.45, 7) is 9.89. The predicted molar refractivity (Wildman–Crippen MR) is 133 cm³/mol. The van der Waals surface area contributed by atoms with Crippen LogP contribution in [0.15, 0.2) is 0 Å². The first-order valence-electron chi connectivity index (χ1n) is 14.4. The maximum Gasteiger partial charge on any atom is 0.174 e. The van der Waals surface area contributed by atoms with Crippen LogP contribution in [-0.4, -0.2) is 43.0 Å². The average molecular weight is 473 g/mol. The first kappa shape index (κ1) is 24.7. The van der Waals surface area contributed by atoms with Gasteiger partial charge in [-0.1, -0.05) is 52.2 Å². The molecule has 6 heteroatoms. The number of aromatic nitrogens is 4. The van der Waals surface area contributed by atoms with E-state index in [4.69, 9.17) is 0 Å². The summed E-state index contributed by atoms with van der Waals surface area (Å²) in [4.78, 5) is 0. The van der Waals surface area contributed by atoms with Crippen LogP contribution < -0.4 is 0 Å². The largest absolute Gasteiger partial charge is 0.393 e. The highest BCUT2D eigenvalue weighted by Gasteiger charge is 2.64. The molecular weight excluding hydrogens is 424 g/mol. The highest BCUT2D eigenvalue weighted by Crippen LogP contribution is 2.69. The molecule has 0 aromatic carbocycles. The molecule has 1 aromatic rings. The van der Waals surface area contributed by atoms with E-state index in [9.17, 15) is 10.2 Å². The number of nitrogens with one attached hydrogen (secondary N) is 1. The Morgan fingerprint density at radius 1 is 1.00 bits per heavy atom. The van der Waals surface area contributed by atoms with Gasteiger partial charge < -0.3 is 10.2 Å². The smallest absolute Gasteiger partial charge is 0.174 e. The molecular formula is C28H48N4O2. The Morgan fingerprint density at radius 2 is 1.76 bits per heavy atom. The van der Waals surface area contributed by atoms with Gasteiger partial charge in [-0.2, -0.15) is 5.21 Å². The monoisotopic (exact) mass is 472 g/mol. The Morgan fingerprint density at radius 3 is 2.50 bits per heavy atom. The minimum atomic E-state index is -0.188. The van der Waals surface area contributed by atoms with Crippen LogP contribution in [0, 0.1) is 52.3 Å². The van der Waals surface area contributed by atoms with E-state index >= 15 is 0 Å². The first-order valence-corrected chi connectivity index (χ1v) is 14.4. The van der Waals surface area contributed by atoms with Crippen molar-refractivity contribution >= 4 is 0 Å². The molecule has 1 heterocycles. The summed E-state index contributed by atoms with van der Waals surface area (Å²) in [5, 5.41) is 36.7. The average Bonchev–Trinajstić information content (AvgIpc) is 3.45. The highest BCUT2D eigenvalue weighted by atomic mass is 16.3. The molecule has 0 radical (unpaired) electrons. The Bertz CT molecular complexity index is 817. The van der Waals surface area contributed by atoms with Crippen molar-refractivity contribution in [1.82, 2.24) is 20.6 Å². The normalized spacial score (nSPS) is 47.0. The van der Waals surface area contributed by atoms with E-state index in [1.807, 2.05) is 0 Å². The molecule has 0 saturated heterocycles. The number of unbranched alkanes of at least 4 members (excludes halogenated alkanes) is 1. The molecule has 0 aliphatic heterocycles. The molecule has 4 saturated carbocycles.